The van der Waals surface area contributed by atoms with Crippen molar-refractivity contribution >= 4 is 47.0 Å². The highest BCUT2D eigenvalue weighted by Crippen LogP contribution is 2.30. The SMILES string of the molecule is COc1ccc(CCCCOc2ccc(CSc3ccc(Cl)c(Cl)c3)nc2C=CC(=O)O)cc1. The summed E-state index contributed by atoms with van der Waals surface area (Å²) >= 11 is 13.6. The van der Waals surface area contributed by atoms with Gasteiger partial charge in [-0.1, -0.05) is 35.3 Å². The summed E-state index contributed by atoms with van der Waals surface area (Å²) in [6.07, 6.45) is 5.31. The van der Waals surface area contributed by atoms with Gasteiger partial charge in [-0.3, -0.25) is 0 Å². The first-order valence-corrected chi connectivity index (χ1v) is 12.4. The van der Waals surface area contributed by atoms with E-state index in [-0.39, 0.29) is 0 Å². The molecule has 0 aliphatic rings. The van der Waals surface area contributed by atoms with Gasteiger partial charge >= 0.3 is 5.97 Å². The number of hydrogen-bond donors (Lipinski definition) is 1. The minimum absolute atomic E-state index is 0.491. The maximum atomic E-state index is 11.0. The number of carboxylic acids is 1. The molecule has 0 aliphatic carbocycles. The zero-order chi connectivity index (χ0) is 24.3. The summed E-state index contributed by atoms with van der Waals surface area (Å²) in [5, 5.41) is 10.0. The number of aryl methyl sites for hydroxylation is 1. The van der Waals surface area contributed by atoms with Gasteiger partial charge in [-0.15, -0.1) is 11.8 Å². The lowest BCUT2D eigenvalue weighted by Crippen LogP contribution is -2.02. The highest BCUT2D eigenvalue weighted by Gasteiger charge is 2.08. The minimum Gasteiger partial charge on any atom is -0.497 e. The van der Waals surface area contributed by atoms with Crippen molar-refractivity contribution in [3.8, 4) is 11.5 Å². The third-order valence-corrected chi connectivity index (χ3v) is 6.65. The number of carboxylic acid groups (broad SMARTS) is 1. The second kappa shape index (κ2) is 13.3. The second-order valence-corrected chi connectivity index (χ2v) is 9.24. The molecule has 2 aromatic carbocycles. The van der Waals surface area contributed by atoms with Gasteiger partial charge in [0.05, 0.1) is 29.5 Å². The number of hydrogen-bond acceptors (Lipinski definition) is 5. The molecule has 0 unspecified atom stereocenters. The second-order valence-electron chi connectivity index (χ2n) is 7.38. The predicted molar refractivity (Wildman–Crippen MR) is 138 cm³/mol. The van der Waals surface area contributed by atoms with Crippen molar-refractivity contribution in [2.24, 2.45) is 0 Å². The first kappa shape index (κ1) is 25.9. The van der Waals surface area contributed by atoms with E-state index in [2.05, 4.69) is 17.1 Å². The van der Waals surface area contributed by atoms with Gasteiger partial charge in [0.2, 0.25) is 0 Å². The van der Waals surface area contributed by atoms with Crippen LogP contribution in [0.3, 0.4) is 0 Å². The van der Waals surface area contributed by atoms with Crippen molar-refractivity contribution in [2.45, 2.75) is 29.9 Å². The molecule has 34 heavy (non-hydrogen) atoms. The summed E-state index contributed by atoms with van der Waals surface area (Å²) in [6.45, 7) is 0.517. The quantitative estimate of drug-likeness (QED) is 0.156. The molecule has 1 N–H and O–H groups in total. The predicted octanol–water partition coefficient (Wildman–Crippen LogP) is 7.19. The molecule has 0 aliphatic heterocycles. The maximum absolute atomic E-state index is 11.0. The fourth-order valence-corrected chi connectivity index (χ4v) is 4.31. The Labute approximate surface area is 213 Å². The molecule has 0 amide bonds. The van der Waals surface area contributed by atoms with Crippen LogP contribution in [0.4, 0.5) is 0 Å². The molecule has 0 saturated heterocycles. The first-order valence-electron chi connectivity index (χ1n) is 10.7. The lowest BCUT2D eigenvalue weighted by atomic mass is 10.1. The molecule has 0 atom stereocenters. The zero-order valence-electron chi connectivity index (χ0n) is 18.7. The zero-order valence-corrected chi connectivity index (χ0v) is 21.0. The van der Waals surface area contributed by atoms with Crippen LogP contribution in [0.15, 0.2) is 65.6 Å². The van der Waals surface area contributed by atoms with E-state index in [0.29, 0.717) is 33.8 Å². The molecular weight excluding hydrogens is 493 g/mol. The molecule has 3 rings (SSSR count). The molecular formula is C26H25Cl2NO4S. The van der Waals surface area contributed by atoms with Crippen LogP contribution in [-0.2, 0) is 17.0 Å². The van der Waals surface area contributed by atoms with Gasteiger partial charge in [0, 0.05) is 16.7 Å². The van der Waals surface area contributed by atoms with Crippen LogP contribution >= 0.6 is 35.0 Å². The van der Waals surface area contributed by atoms with Crippen molar-refractivity contribution in [3.05, 3.63) is 87.7 Å². The molecule has 3 aromatic rings. The molecule has 0 fully saturated rings. The molecule has 0 radical (unpaired) electrons. The average Bonchev–Trinajstić information content (AvgIpc) is 2.84. The van der Waals surface area contributed by atoms with Crippen molar-refractivity contribution in [1.29, 1.82) is 0 Å². The molecule has 0 spiro atoms. The van der Waals surface area contributed by atoms with Crippen molar-refractivity contribution < 1.29 is 19.4 Å². The first-order chi connectivity index (χ1) is 16.4. The number of pyridine rings is 1. The van der Waals surface area contributed by atoms with Gasteiger partial charge in [0.25, 0.3) is 0 Å². The van der Waals surface area contributed by atoms with Crippen LogP contribution < -0.4 is 9.47 Å². The third-order valence-electron chi connectivity index (χ3n) is 4.88. The fourth-order valence-electron chi connectivity index (χ4n) is 3.11. The molecule has 1 aromatic heterocycles. The third kappa shape index (κ3) is 8.28. The monoisotopic (exact) mass is 517 g/mol. The van der Waals surface area contributed by atoms with Gasteiger partial charge in [-0.05, 0) is 73.4 Å². The van der Waals surface area contributed by atoms with E-state index in [9.17, 15) is 4.79 Å². The minimum atomic E-state index is -1.04. The van der Waals surface area contributed by atoms with Gasteiger partial charge in [0.1, 0.15) is 17.2 Å². The number of thioether (sulfide) groups is 1. The Hall–Kier alpha value is -2.67. The fraction of sp³-hybridized carbons (Fsp3) is 0.231. The van der Waals surface area contributed by atoms with Crippen molar-refractivity contribution in [3.63, 3.8) is 0 Å². The lowest BCUT2D eigenvalue weighted by molar-refractivity contribution is -0.131. The summed E-state index contributed by atoms with van der Waals surface area (Å²) in [6, 6.07) is 17.2. The molecule has 0 saturated carbocycles. The summed E-state index contributed by atoms with van der Waals surface area (Å²) in [5.74, 6) is 0.960. The van der Waals surface area contributed by atoms with Crippen molar-refractivity contribution in [1.82, 2.24) is 4.98 Å². The summed E-state index contributed by atoms with van der Waals surface area (Å²) < 4.78 is 11.1. The Morgan fingerprint density at radius 2 is 1.85 bits per heavy atom. The van der Waals surface area contributed by atoms with Gasteiger partial charge in [-0.25, -0.2) is 9.78 Å². The average molecular weight is 518 g/mol. The Morgan fingerprint density at radius 1 is 1.06 bits per heavy atom. The number of aliphatic carboxylic acids is 1. The topological polar surface area (TPSA) is 68.7 Å². The molecule has 1 heterocycles. The van der Waals surface area contributed by atoms with Crippen LogP contribution in [0, 0.1) is 0 Å². The molecule has 178 valence electrons. The number of aromatic nitrogens is 1. The number of benzene rings is 2. The van der Waals surface area contributed by atoms with E-state index in [1.807, 2.05) is 36.4 Å². The molecule has 5 nitrogen and oxygen atoms in total. The van der Waals surface area contributed by atoms with Gasteiger partial charge in [0.15, 0.2) is 0 Å². The van der Waals surface area contributed by atoms with Crippen LogP contribution in [0.5, 0.6) is 11.5 Å². The number of unbranched alkanes of at least 4 members (excludes halogenated alkanes) is 1. The van der Waals surface area contributed by atoms with Crippen LogP contribution in [-0.4, -0.2) is 29.8 Å². The normalized spacial score (nSPS) is 11.0. The lowest BCUT2D eigenvalue weighted by Gasteiger charge is -2.11. The standard InChI is InChI=1S/C26H25Cl2NO4S/c1-32-20-8-5-18(6-9-20)4-2-3-15-33-25-13-7-19(29-24(25)12-14-26(30)31)17-34-21-10-11-22(27)23(28)16-21/h5-14,16H,2-4,15,17H2,1H3,(H,30,31). The van der Waals surface area contributed by atoms with Crippen LogP contribution in [0.2, 0.25) is 10.0 Å². The van der Waals surface area contributed by atoms with Crippen LogP contribution in [0.25, 0.3) is 6.08 Å². The smallest absolute Gasteiger partial charge is 0.328 e. The van der Waals surface area contributed by atoms with E-state index in [1.54, 1.807) is 24.9 Å². The van der Waals surface area contributed by atoms with E-state index < -0.39 is 5.97 Å². The Morgan fingerprint density at radius 3 is 2.56 bits per heavy atom. The van der Waals surface area contributed by atoms with Crippen LogP contribution in [0.1, 0.15) is 29.8 Å². The highest BCUT2D eigenvalue weighted by molar-refractivity contribution is 7.98. The van der Waals surface area contributed by atoms with Gasteiger partial charge < -0.3 is 14.6 Å². The number of methoxy groups -OCH3 is 1. The summed E-state index contributed by atoms with van der Waals surface area (Å²) in [7, 11) is 1.65. The number of carbonyl (C=O) groups is 1. The molecule has 8 heteroatoms. The Kier molecular flexibility index (Phi) is 10.1. The largest absolute Gasteiger partial charge is 0.497 e. The van der Waals surface area contributed by atoms with E-state index in [1.165, 1.54) is 11.6 Å². The maximum Gasteiger partial charge on any atom is 0.328 e. The van der Waals surface area contributed by atoms with E-state index in [4.69, 9.17) is 37.8 Å². The number of rotatable bonds is 12. The number of nitrogens with zero attached hydrogens (tertiary/aromatic N) is 1. The van der Waals surface area contributed by atoms with E-state index in [0.717, 1.165) is 41.7 Å². The Bertz CT molecular complexity index is 1140. The number of ether oxygens (including phenoxy) is 2. The van der Waals surface area contributed by atoms with E-state index >= 15 is 0 Å². The summed E-state index contributed by atoms with van der Waals surface area (Å²) in [5.41, 5.74) is 2.54. The van der Waals surface area contributed by atoms with Gasteiger partial charge in [-0.2, -0.15) is 0 Å². The highest BCUT2D eigenvalue weighted by atomic mass is 35.5. The van der Waals surface area contributed by atoms with Crippen molar-refractivity contribution in [2.75, 3.05) is 13.7 Å². The summed E-state index contributed by atoms with van der Waals surface area (Å²) in [4.78, 5) is 16.6. The molecule has 0 bridgehead atoms. The Balaban J connectivity index is 1.56. The number of halogens is 2.